The summed E-state index contributed by atoms with van der Waals surface area (Å²) in [4.78, 5) is 24.6. The predicted octanol–water partition coefficient (Wildman–Crippen LogP) is 7.98. The third kappa shape index (κ3) is 13.4. The minimum Gasteiger partial charge on any atom is -0.475 e. The molecule has 1 aliphatic carbocycles. The van der Waals surface area contributed by atoms with Crippen LogP contribution in [-0.4, -0.2) is 86.8 Å². The van der Waals surface area contributed by atoms with Crippen LogP contribution in [0.15, 0.2) is 71.4 Å². The molecule has 2 aliphatic rings. The Morgan fingerprint density at radius 1 is 0.804 bits per heavy atom. The van der Waals surface area contributed by atoms with Crippen LogP contribution in [0.25, 0.3) is 17.0 Å². The molecule has 0 radical (unpaired) electrons. The molecule has 4 aromatic rings. The van der Waals surface area contributed by atoms with Gasteiger partial charge in [-0.25, -0.2) is 19.3 Å². The number of ether oxygens (including phenoxy) is 1. The maximum atomic E-state index is 12.5. The molecule has 0 amide bonds. The number of nitrogens with one attached hydrogen (secondary N) is 2. The molecule has 6 rings (SSSR count). The number of benzene rings is 2. The van der Waals surface area contributed by atoms with Crippen molar-refractivity contribution in [3.05, 3.63) is 72.7 Å². The average molecular weight is 809 g/mol. The molecule has 1 saturated heterocycles. The Labute approximate surface area is 313 Å². The molecule has 2 aromatic carbocycles. The molecule has 2 aromatic heterocycles. The molecule has 0 bridgehead atoms. The fourth-order valence-corrected chi connectivity index (χ4v) is 5.98. The number of anilines is 2. The third-order valence-corrected chi connectivity index (χ3v) is 8.51. The van der Waals surface area contributed by atoms with E-state index in [1.54, 1.807) is 6.20 Å². The van der Waals surface area contributed by atoms with E-state index in [0.717, 1.165) is 56.6 Å². The van der Waals surface area contributed by atoms with Crippen molar-refractivity contribution in [2.45, 2.75) is 82.3 Å². The fraction of sp³-hybridized carbons (Fsp3) is 0.429. The van der Waals surface area contributed by atoms with Crippen molar-refractivity contribution < 1.29 is 68.5 Å². The van der Waals surface area contributed by atoms with E-state index in [4.69, 9.17) is 24.2 Å². The van der Waals surface area contributed by atoms with E-state index >= 15 is 0 Å². The lowest BCUT2D eigenvalue weighted by molar-refractivity contribution is -0.274. The fourth-order valence-electron chi connectivity index (χ4n) is 5.98. The van der Waals surface area contributed by atoms with Crippen LogP contribution in [0.5, 0.6) is 5.75 Å². The van der Waals surface area contributed by atoms with Gasteiger partial charge in [0.05, 0.1) is 17.6 Å². The van der Waals surface area contributed by atoms with Crippen molar-refractivity contribution >= 4 is 23.6 Å². The van der Waals surface area contributed by atoms with Crippen molar-refractivity contribution in [3.63, 3.8) is 0 Å². The smallest absolute Gasteiger partial charge is 0.475 e. The quantitative estimate of drug-likeness (QED) is 0.128. The first-order chi connectivity index (χ1) is 26.2. The summed E-state index contributed by atoms with van der Waals surface area (Å²) in [5, 5.41) is 26.2. The highest BCUT2D eigenvalue weighted by molar-refractivity contribution is 5.73. The van der Waals surface area contributed by atoms with Crippen LogP contribution in [0.1, 0.15) is 44.2 Å². The van der Waals surface area contributed by atoms with Crippen molar-refractivity contribution in [2.24, 2.45) is 0 Å². The lowest BCUT2D eigenvalue weighted by atomic mass is 9.89. The van der Waals surface area contributed by atoms with Gasteiger partial charge >= 0.3 is 30.7 Å². The zero-order chi connectivity index (χ0) is 41.3. The first-order valence-corrected chi connectivity index (χ1v) is 17.0. The Kier molecular flexibility index (Phi) is 14.2. The molecular formula is C35H37F9N6O6. The normalized spacial score (nSPS) is 18.8. The van der Waals surface area contributed by atoms with E-state index in [2.05, 4.69) is 54.6 Å². The number of aromatic nitrogens is 3. The highest BCUT2D eigenvalue weighted by Gasteiger charge is 2.39. The van der Waals surface area contributed by atoms with Crippen LogP contribution >= 0.6 is 0 Å². The number of aryl methyl sites for hydroxylation is 1. The average Bonchev–Trinajstić information content (AvgIpc) is 3.78. The van der Waals surface area contributed by atoms with Crippen molar-refractivity contribution in [2.75, 3.05) is 23.3 Å². The molecule has 2 fully saturated rings. The molecular weight excluding hydrogens is 771 g/mol. The molecule has 3 heterocycles. The monoisotopic (exact) mass is 808 g/mol. The van der Waals surface area contributed by atoms with E-state index in [1.165, 1.54) is 36.4 Å². The summed E-state index contributed by atoms with van der Waals surface area (Å²) >= 11 is 0. The highest BCUT2D eigenvalue weighted by atomic mass is 19.4. The summed E-state index contributed by atoms with van der Waals surface area (Å²) in [7, 11) is 0. The number of nitrogens with zero attached hydrogens (tertiary/aromatic N) is 4. The zero-order valence-corrected chi connectivity index (χ0v) is 29.5. The number of piperidine rings is 1. The van der Waals surface area contributed by atoms with Crippen LogP contribution in [0, 0.1) is 6.92 Å². The van der Waals surface area contributed by atoms with Gasteiger partial charge in [-0.1, -0.05) is 12.8 Å². The lowest BCUT2D eigenvalue weighted by Gasteiger charge is -2.40. The van der Waals surface area contributed by atoms with Gasteiger partial charge in [-0.15, -0.1) is 13.2 Å². The van der Waals surface area contributed by atoms with E-state index in [1.807, 2.05) is 23.9 Å². The second kappa shape index (κ2) is 18.4. The number of carboxylic acid groups (broad SMARTS) is 2. The van der Waals surface area contributed by atoms with Gasteiger partial charge < -0.3 is 34.9 Å². The Bertz CT molecular complexity index is 1840. The summed E-state index contributed by atoms with van der Waals surface area (Å²) in [5.74, 6) is -5.31. The second-order valence-corrected chi connectivity index (χ2v) is 12.7. The molecule has 56 heavy (non-hydrogen) atoms. The molecule has 306 valence electrons. The van der Waals surface area contributed by atoms with Crippen LogP contribution in [0.4, 0.5) is 51.2 Å². The Balaban J connectivity index is 0.000000425. The first kappa shape index (κ1) is 43.3. The van der Waals surface area contributed by atoms with E-state index in [9.17, 15) is 39.5 Å². The van der Waals surface area contributed by atoms with Crippen LogP contribution in [0.3, 0.4) is 0 Å². The summed E-state index contributed by atoms with van der Waals surface area (Å²) in [5.41, 5.74) is 3.89. The van der Waals surface area contributed by atoms with Crippen molar-refractivity contribution in [1.82, 2.24) is 20.1 Å². The number of halogens is 9. The number of hydrogen-bond acceptors (Lipinski definition) is 9. The number of hydrogen-bond donors (Lipinski definition) is 4. The maximum absolute atomic E-state index is 12.5. The summed E-state index contributed by atoms with van der Waals surface area (Å²) in [6.07, 6.45) is -4.70. The van der Waals surface area contributed by atoms with Gasteiger partial charge in [0.1, 0.15) is 5.75 Å². The minimum absolute atomic E-state index is 0.167. The van der Waals surface area contributed by atoms with E-state index < -0.39 is 30.7 Å². The Morgan fingerprint density at radius 3 is 1.91 bits per heavy atom. The molecule has 0 unspecified atom stereocenters. The highest BCUT2D eigenvalue weighted by Crippen LogP contribution is 2.30. The van der Waals surface area contributed by atoms with Gasteiger partial charge in [-0.3, -0.25) is 0 Å². The summed E-state index contributed by atoms with van der Waals surface area (Å²) < 4.78 is 113. The standard InChI is InChI=1S/C31H35F3N6O2.2C2HF3O2/c1-21-16-18-40(38-21)25-12-10-24(11-13-25)39-17-4-5-23(20-39)36-27-6-2-3-7-28(27)37-30-35-19-29(41-30)22-8-14-26(15-9-22)42-31(32,33)34;2*3-2(4,5)1(6)7/h8-16,18-19,23,27-28,36H,2-7,17,20H2,1H3,(H,35,37);2*(H,6,7)/t23-,27+,28+;;/m0../s1. The lowest BCUT2D eigenvalue weighted by Crippen LogP contribution is -2.54. The number of aliphatic carboxylic acids is 2. The van der Waals surface area contributed by atoms with Gasteiger partial charge in [0.2, 0.25) is 0 Å². The predicted molar refractivity (Wildman–Crippen MR) is 182 cm³/mol. The zero-order valence-electron chi connectivity index (χ0n) is 29.5. The van der Waals surface area contributed by atoms with E-state index in [-0.39, 0.29) is 17.8 Å². The van der Waals surface area contributed by atoms with Gasteiger partial charge in [-0.2, -0.15) is 31.4 Å². The van der Waals surface area contributed by atoms with Crippen LogP contribution < -0.4 is 20.3 Å². The number of rotatable bonds is 8. The molecule has 3 atom stereocenters. The Hall–Kier alpha value is -5.47. The third-order valence-electron chi connectivity index (χ3n) is 8.51. The number of carbonyl (C=O) groups is 2. The maximum Gasteiger partial charge on any atom is 0.573 e. The van der Waals surface area contributed by atoms with Crippen LogP contribution in [0.2, 0.25) is 0 Å². The topological polar surface area (TPSA) is 155 Å². The molecule has 1 saturated carbocycles. The van der Waals surface area contributed by atoms with Crippen molar-refractivity contribution in [3.8, 4) is 22.8 Å². The van der Waals surface area contributed by atoms with Gasteiger partial charge in [0.15, 0.2) is 5.76 Å². The molecule has 1 aliphatic heterocycles. The number of carboxylic acids is 2. The second-order valence-electron chi connectivity index (χ2n) is 12.7. The first-order valence-electron chi connectivity index (χ1n) is 17.0. The van der Waals surface area contributed by atoms with Gasteiger partial charge in [0, 0.05) is 48.7 Å². The molecule has 0 spiro atoms. The largest absolute Gasteiger partial charge is 0.573 e. The molecule has 12 nitrogen and oxygen atoms in total. The van der Waals surface area contributed by atoms with Crippen LogP contribution in [-0.2, 0) is 9.59 Å². The SMILES string of the molecule is Cc1ccn(-c2ccc(N3CCC[C@H](N[C@@H]4CCCC[C@H]4Nc4ncc(-c5ccc(OC(F)(F)F)cc5)o4)C3)cc2)n1.O=C(O)C(F)(F)F.O=C(O)C(F)(F)F. The number of oxazole rings is 1. The van der Waals surface area contributed by atoms with E-state index in [0.29, 0.717) is 23.4 Å². The summed E-state index contributed by atoms with van der Waals surface area (Å²) in [6.45, 7) is 3.97. The minimum atomic E-state index is -5.08. The van der Waals surface area contributed by atoms with Crippen molar-refractivity contribution in [1.29, 1.82) is 0 Å². The molecule has 4 N–H and O–H groups in total. The summed E-state index contributed by atoms with van der Waals surface area (Å²) in [6, 6.07) is 17.4. The van der Waals surface area contributed by atoms with Gasteiger partial charge in [-0.05, 0) is 87.2 Å². The Morgan fingerprint density at radius 2 is 1.38 bits per heavy atom. The molecule has 21 heteroatoms. The number of alkyl halides is 9. The van der Waals surface area contributed by atoms with Gasteiger partial charge in [0.25, 0.3) is 6.01 Å².